The Hall–Kier alpha value is -3.86. The predicted octanol–water partition coefficient (Wildman–Crippen LogP) is 4.46. The fourth-order valence-electron chi connectivity index (χ4n) is 5.32. The van der Waals surface area contributed by atoms with Gasteiger partial charge in [0.25, 0.3) is 0 Å². The quantitative estimate of drug-likeness (QED) is 0.250. The van der Waals surface area contributed by atoms with Crippen molar-refractivity contribution in [2.24, 2.45) is 0 Å². The summed E-state index contributed by atoms with van der Waals surface area (Å²) in [6.45, 7) is 5.80. The Labute approximate surface area is 239 Å². The second kappa shape index (κ2) is 13.2. The summed E-state index contributed by atoms with van der Waals surface area (Å²) in [6, 6.07) is 5.34. The number of anilines is 1. The van der Waals surface area contributed by atoms with Gasteiger partial charge in [-0.05, 0) is 54.5 Å². The number of benzene rings is 2. The first-order chi connectivity index (χ1) is 19.7. The number of carboxylic acid groups (broad SMARTS) is 1. The Morgan fingerprint density at radius 1 is 1.10 bits per heavy atom. The molecule has 2 aromatic rings. The normalized spacial score (nSPS) is 15.2. The average molecular weight is 572 g/mol. The van der Waals surface area contributed by atoms with E-state index < -0.39 is 18.4 Å². The van der Waals surface area contributed by atoms with Crippen molar-refractivity contribution in [2.75, 3.05) is 58.6 Å². The van der Waals surface area contributed by atoms with Crippen molar-refractivity contribution in [2.45, 2.75) is 45.6 Å². The number of amidine groups is 1. The molecule has 0 saturated carbocycles. The molecule has 10 nitrogen and oxygen atoms in total. The summed E-state index contributed by atoms with van der Waals surface area (Å²) in [6.07, 6.45) is 2.87. The van der Waals surface area contributed by atoms with Crippen molar-refractivity contribution >= 4 is 23.3 Å². The van der Waals surface area contributed by atoms with Crippen molar-refractivity contribution in [3.8, 4) is 17.2 Å². The maximum Gasteiger partial charge on any atom is 0.329 e. The molecule has 1 fully saturated rings. The first-order valence-corrected chi connectivity index (χ1v) is 13.9. The summed E-state index contributed by atoms with van der Waals surface area (Å²) in [5.41, 5.74) is 2.88. The van der Waals surface area contributed by atoms with E-state index in [0.717, 1.165) is 43.6 Å². The topological polar surface area (TPSA) is 122 Å². The van der Waals surface area contributed by atoms with E-state index in [0.29, 0.717) is 16.9 Å². The molecule has 41 heavy (non-hydrogen) atoms. The zero-order valence-electron chi connectivity index (χ0n) is 24.0. The number of ether oxygens (including phenoxy) is 4. The van der Waals surface area contributed by atoms with Crippen LogP contribution in [0.4, 0.5) is 10.1 Å². The minimum atomic E-state index is -1.04. The molecule has 222 valence electrons. The second-order valence-electron chi connectivity index (χ2n) is 10.3. The lowest BCUT2D eigenvalue weighted by Gasteiger charge is -2.27. The summed E-state index contributed by atoms with van der Waals surface area (Å²) < 4.78 is 37.0. The number of fused-ring (bicyclic) bond motifs is 1. The van der Waals surface area contributed by atoms with Gasteiger partial charge in [-0.25, -0.2) is 9.18 Å². The minimum Gasteiger partial charge on any atom is -0.493 e. The Bertz CT molecular complexity index is 1310. The van der Waals surface area contributed by atoms with Gasteiger partial charge in [-0.15, -0.1) is 0 Å². The molecular formula is C30H38FN3O7. The van der Waals surface area contributed by atoms with Crippen LogP contribution in [0.1, 0.15) is 66.1 Å². The van der Waals surface area contributed by atoms with Crippen LogP contribution in [0, 0.1) is 11.2 Å². The zero-order chi connectivity index (χ0) is 29.7. The van der Waals surface area contributed by atoms with Crippen LogP contribution in [0.3, 0.4) is 0 Å². The van der Waals surface area contributed by atoms with Crippen molar-refractivity contribution in [3.63, 3.8) is 0 Å². The van der Waals surface area contributed by atoms with Crippen LogP contribution in [0.5, 0.6) is 17.2 Å². The maximum absolute atomic E-state index is 15.2. The number of ketones is 1. The third-order valence-electron chi connectivity index (χ3n) is 7.65. The molecule has 1 atom stereocenters. The Kier molecular flexibility index (Phi) is 9.69. The highest BCUT2D eigenvalue weighted by atomic mass is 19.1. The van der Waals surface area contributed by atoms with E-state index in [9.17, 15) is 9.59 Å². The number of nitrogens with one attached hydrogen (secondary N) is 1. The van der Waals surface area contributed by atoms with E-state index in [4.69, 9.17) is 29.5 Å². The summed E-state index contributed by atoms with van der Waals surface area (Å²) in [7, 11) is 2.77. The van der Waals surface area contributed by atoms with Crippen LogP contribution in [0.2, 0.25) is 0 Å². The summed E-state index contributed by atoms with van der Waals surface area (Å²) in [5.74, 6) is -1.05. The second-order valence-corrected chi connectivity index (χ2v) is 10.3. The molecular weight excluding hydrogens is 533 g/mol. The van der Waals surface area contributed by atoms with Gasteiger partial charge in [0, 0.05) is 25.2 Å². The molecule has 0 bridgehead atoms. The fourth-order valence-corrected chi connectivity index (χ4v) is 5.32. The van der Waals surface area contributed by atoms with E-state index >= 15 is 4.39 Å². The van der Waals surface area contributed by atoms with Crippen LogP contribution in [0.25, 0.3) is 0 Å². The summed E-state index contributed by atoms with van der Waals surface area (Å²) >= 11 is 0. The van der Waals surface area contributed by atoms with Crippen LogP contribution in [0.15, 0.2) is 18.2 Å². The number of halogens is 1. The van der Waals surface area contributed by atoms with E-state index in [-0.39, 0.29) is 60.9 Å². The highest BCUT2D eigenvalue weighted by molar-refractivity contribution is 6.06. The molecule has 2 aliphatic rings. The van der Waals surface area contributed by atoms with E-state index in [1.54, 1.807) is 11.0 Å². The summed E-state index contributed by atoms with van der Waals surface area (Å²) in [4.78, 5) is 28.3. The van der Waals surface area contributed by atoms with Crippen LogP contribution >= 0.6 is 0 Å². The molecule has 1 unspecified atom stereocenters. The molecule has 0 amide bonds. The number of hydrogen-bond acceptors (Lipinski definition) is 8. The number of carbonyl (C=O) groups excluding carboxylic acids is 1. The van der Waals surface area contributed by atoms with E-state index in [1.165, 1.54) is 14.2 Å². The summed E-state index contributed by atoms with van der Waals surface area (Å²) in [5, 5.41) is 17.5. The van der Waals surface area contributed by atoms with Gasteiger partial charge in [-0.2, -0.15) is 0 Å². The lowest BCUT2D eigenvalue weighted by molar-refractivity contribution is -0.142. The predicted molar refractivity (Wildman–Crippen MR) is 152 cm³/mol. The number of aliphatic carboxylic acids is 1. The van der Waals surface area contributed by atoms with Crippen molar-refractivity contribution in [1.82, 2.24) is 4.90 Å². The van der Waals surface area contributed by atoms with Gasteiger partial charge in [-0.3, -0.25) is 10.2 Å². The third-order valence-corrected chi connectivity index (χ3v) is 7.65. The standard InChI is InChI=1S/C30H38FN3O7/c1-5-18(2)21-12-19(13-22(33-8-6-7-9-33)28(21)41-11-10-40-17-25(36)37)23(35)16-34-15-20-14-24(38-3)29(39-4)27(31)26(20)30(34)32/h12-14,18,32H,5-11,15-17H2,1-4H3,(H,36,37). The van der Waals surface area contributed by atoms with Crippen molar-refractivity contribution in [1.29, 1.82) is 5.41 Å². The van der Waals surface area contributed by atoms with Crippen LogP contribution < -0.4 is 19.1 Å². The molecule has 0 aliphatic carbocycles. The van der Waals surface area contributed by atoms with Gasteiger partial charge in [-0.1, -0.05) is 13.8 Å². The Morgan fingerprint density at radius 2 is 1.83 bits per heavy atom. The Balaban J connectivity index is 1.62. The number of hydrogen-bond donors (Lipinski definition) is 2. The van der Waals surface area contributed by atoms with E-state index in [2.05, 4.69) is 18.7 Å². The molecule has 0 spiro atoms. The van der Waals surface area contributed by atoms with Gasteiger partial charge in [0.05, 0.1) is 38.6 Å². The number of carbonyl (C=O) groups is 2. The van der Waals surface area contributed by atoms with Gasteiger partial charge in [0.15, 0.2) is 23.1 Å². The third kappa shape index (κ3) is 6.40. The van der Waals surface area contributed by atoms with Crippen LogP contribution in [-0.2, 0) is 16.1 Å². The zero-order valence-corrected chi connectivity index (χ0v) is 24.0. The van der Waals surface area contributed by atoms with Crippen LogP contribution in [-0.4, -0.2) is 81.3 Å². The SMILES string of the molecule is CCC(C)c1cc(C(=O)CN2Cc3cc(OC)c(OC)c(F)c3C2=N)cc(N2CCCC2)c1OCCOCC(=O)O. The van der Waals surface area contributed by atoms with Gasteiger partial charge in [0.1, 0.15) is 24.8 Å². The first kappa shape index (κ1) is 30.1. The number of rotatable bonds is 14. The molecule has 2 N–H and O–H groups in total. The van der Waals surface area contributed by atoms with Gasteiger partial charge < -0.3 is 33.9 Å². The maximum atomic E-state index is 15.2. The van der Waals surface area contributed by atoms with Crippen molar-refractivity contribution < 1.29 is 38.0 Å². The minimum absolute atomic E-state index is 0.0680. The number of carboxylic acids is 1. The smallest absolute Gasteiger partial charge is 0.329 e. The monoisotopic (exact) mass is 571 g/mol. The fraction of sp³-hybridized carbons (Fsp3) is 0.500. The molecule has 4 rings (SSSR count). The number of nitrogens with zero attached hydrogens (tertiary/aromatic N) is 2. The highest BCUT2D eigenvalue weighted by Crippen LogP contribution is 2.41. The molecule has 0 radical (unpaired) electrons. The Morgan fingerprint density at radius 3 is 2.46 bits per heavy atom. The van der Waals surface area contributed by atoms with E-state index in [1.807, 2.05) is 12.1 Å². The lowest BCUT2D eigenvalue weighted by Crippen LogP contribution is -2.31. The van der Waals surface area contributed by atoms with Gasteiger partial charge >= 0.3 is 5.97 Å². The largest absolute Gasteiger partial charge is 0.493 e. The highest BCUT2D eigenvalue weighted by Gasteiger charge is 2.33. The average Bonchev–Trinajstić information content (AvgIpc) is 3.60. The molecule has 1 saturated heterocycles. The molecule has 2 aromatic carbocycles. The number of methoxy groups -OCH3 is 2. The lowest BCUT2D eigenvalue weighted by atomic mass is 9.93. The van der Waals surface area contributed by atoms with Gasteiger partial charge in [0.2, 0.25) is 0 Å². The molecule has 0 aromatic heterocycles. The molecule has 11 heteroatoms. The molecule has 2 aliphatic heterocycles. The number of Topliss-reactive ketones (excluding diaryl/α,β-unsaturated/α-hetero) is 1. The molecule has 2 heterocycles. The first-order valence-electron chi connectivity index (χ1n) is 13.9. The van der Waals surface area contributed by atoms with Crippen molar-refractivity contribution in [3.05, 3.63) is 46.3 Å².